The van der Waals surface area contributed by atoms with Gasteiger partial charge in [-0.25, -0.2) is 4.79 Å². The van der Waals surface area contributed by atoms with Gasteiger partial charge in [0, 0.05) is 13.0 Å². The van der Waals surface area contributed by atoms with Crippen LogP contribution in [0.1, 0.15) is 30.5 Å². The predicted octanol–water partition coefficient (Wildman–Crippen LogP) is 2.81. The van der Waals surface area contributed by atoms with E-state index < -0.39 is 0 Å². The molecule has 102 valence electrons. The minimum atomic E-state index is -0.373. The highest BCUT2D eigenvalue weighted by atomic mass is 16.5. The summed E-state index contributed by atoms with van der Waals surface area (Å²) in [7, 11) is 0. The van der Waals surface area contributed by atoms with Gasteiger partial charge in [0.05, 0.1) is 6.61 Å². The molecule has 1 aromatic rings. The fourth-order valence-electron chi connectivity index (χ4n) is 1.74. The van der Waals surface area contributed by atoms with Crippen molar-refractivity contribution in [3.05, 3.63) is 34.9 Å². The topological polar surface area (TPSA) is 52.6 Å². The van der Waals surface area contributed by atoms with E-state index in [0.717, 1.165) is 16.7 Å². The van der Waals surface area contributed by atoms with E-state index in [0.29, 0.717) is 12.4 Å². The quantitative estimate of drug-likeness (QED) is 0.475. The molecule has 0 saturated heterocycles. The maximum atomic E-state index is 11.2. The predicted molar refractivity (Wildman–Crippen MR) is 72.9 cm³/mol. The van der Waals surface area contributed by atoms with Crippen molar-refractivity contribution in [1.82, 2.24) is 0 Å². The van der Waals surface area contributed by atoms with Crippen molar-refractivity contribution >= 4 is 18.0 Å². The first-order chi connectivity index (χ1) is 8.93. The zero-order valence-electron chi connectivity index (χ0n) is 11.6. The molecule has 0 heterocycles. The summed E-state index contributed by atoms with van der Waals surface area (Å²) in [5, 5.41) is 0. The van der Waals surface area contributed by atoms with Gasteiger partial charge in [-0.3, -0.25) is 4.79 Å². The van der Waals surface area contributed by atoms with Crippen LogP contribution in [0.5, 0.6) is 5.75 Å². The average Bonchev–Trinajstić information content (AvgIpc) is 2.31. The van der Waals surface area contributed by atoms with Gasteiger partial charge in [0.1, 0.15) is 5.75 Å². The molecule has 0 aliphatic rings. The smallest absolute Gasteiger partial charge is 0.330 e. The van der Waals surface area contributed by atoms with E-state index in [9.17, 15) is 9.59 Å². The van der Waals surface area contributed by atoms with Crippen molar-refractivity contribution in [3.63, 3.8) is 0 Å². The molecule has 0 aliphatic carbocycles. The Balaban J connectivity index is 2.94. The minimum Gasteiger partial charge on any atom is -0.463 e. The Kier molecular flexibility index (Phi) is 5.30. The summed E-state index contributed by atoms with van der Waals surface area (Å²) in [5.74, 6) is -0.149. The fourth-order valence-corrected chi connectivity index (χ4v) is 1.74. The maximum Gasteiger partial charge on any atom is 0.330 e. The van der Waals surface area contributed by atoms with Crippen molar-refractivity contribution in [2.75, 3.05) is 6.61 Å². The van der Waals surface area contributed by atoms with Crippen LogP contribution in [-0.4, -0.2) is 18.5 Å². The Bertz CT molecular complexity index is 492. The molecule has 0 aromatic heterocycles. The summed E-state index contributed by atoms with van der Waals surface area (Å²) in [6.45, 7) is 7.19. The van der Waals surface area contributed by atoms with Crippen molar-refractivity contribution in [3.8, 4) is 5.75 Å². The third kappa shape index (κ3) is 4.58. The van der Waals surface area contributed by atoms with Gasteiger partial charge in [-0.2, -0.15) is 0 Å². The molecule has 4 nitrogen and oxygen atoms in total. The van der Waals surface area contributed by atoms with Crippen LogP contribution < -0.4 is 4.74 Å². The number of hydrogen-bond donors (Lipinski definition) is 0. The van der Waals surface area contributed by atoms with Gasteiger partial charge in [0.25, 0.3) is 0 Å². The number of rotatable bonds is 4. The van der Waals surface area contributed by atoms with E-state index in [1.54, 1.807) is 13.0 Å². The highest BCUT2D eigenvalue weighted by Gasteiger charge is 2.07. The minimum absolute atomic E-state index is 0.346. The summed E-state index contributed by atoms with van der Waals surface area (Å²) in [6.07, 6.45) is 3.05. The third-order valence-corrected chi connectivity index (χ3v) is 2.43. The van der Waals surface area contributed by atoms with Gasteiger partial charge in [0.15, 0.2) is 0 Å². The van der Waals surface area contributed by atoms with Crippen LogP contribution in [0, 0.1) is 13.8 Å². The second-order valence-corrected chi connectivity index (χ2v) is 4.16. The third-order valence-electron chi connectivity index (χ3n) is 2.43. The van der Waals surface area contributed by atoms with Gasteiger partial charge >= 0.3 is 11.9 Å². The Morgan fingerprint density at radius 3 is 2.26 bits per heavy atom. The Hall–Kier alpha value is -2.10. The summed E-state index contributed by atoms with van der Waals surface area (Å²) < 4.78 is 9.95. The SMILES string of the molecule is CCOC(=O)/C=C/c1cc(C)c(OC(C)=O)c(C)c1. The second kappa shape index (κ2) is 6.73. The van der Waals surface area contributed by atoms with Crippen molar-refractivity contribution < 1.29 is 19.1 Å². The average molecular weight is 262 g/mol. The van der Waals surface area contributed by atoms with E-state index in [1.807, 2.05) is 26.0 Å². The molecule has 0 spiro atoms. The molecule has 0 bridgehead atoms. The number of benzene rings is 1. The van der Waals surface area contributed by atoms with Gasteiger partial charge in [-0.05, 0) is 55.7 Å². The molecule has 1 rings (SSSR count). The molecule has 0 fully saturated rings. The van der Waals surface area contributed by atoms with Crippen molar-refractivity contribution in [2.45, 2.75) is 27.7 Å². The first-order valence-electron chi connectivity index (χ1n) is 6.08. The monoisotopic (exact) mass is 262 g/mol. The second-order valence-electron chi connectivity index (χ2n) is 4.16. The van der Waals surface area contributed by atoms with Crippen molar-refractivity contribution in [1.29, 1.82) is 0 Å². The Labute approximate surface area is 113 Å². The molecule has 0 aliphatic heterocycles. The molecule has 1 aromatic carbocycles. The van der Waals surface area contributed by atoms with E-state index in [1.165, 1.54) is 13.0 Å². The number of hydrogen-bond acceptors (Lipinski definition) is 4. The number of esters is 2. The van der Waals surface area contributed by atoms with Gasteiger partial charge in [0.2, 0.25) is 0 Å². The van der Waals surface area contributed by atoms with E-state index in [2.05, 4.69) is 0 Å². The highest BCUT2D eigenvalue weighted by Crippen LogP contribution is 2.25. The molecule has 4 heteroatoms. The number of carbonyl (C=O) groups is 2. The van der Waals surface area contributed by atoms with Crippen LogP contribution in [0.4, 0.5) is 0 Å². The Morgan fingerprint density at radius 2 is 1.79 bits per heavy atom. The normalized spacial score (nSPS) is 10.5. The standard InChI is InChI=1S/C15H18O4/c1-5-18-14(17)7-6-13-8-10(2)15(11(3)9-13)19-12(4)16/h6-9H,5H2,1-4H3/b7-6+. The lowest BCUT2D eigenvalue weighted by Crippen LogP contribution is -2.04. The van der Waals surface area contributed by atoms with E-state index in [-0.39, 0.29) is 11.9 Å². The first kappa shape index (κ1) is 15.0. The largest absolute Gasteiger partial charge is 0.463 e. The lowest BCUT2D eigenvalue weighted by molar-refractivity contribution is -0.137. The van der Waals surface area contributed by atoms with Crippen molar-refractivity contribution in [2.24, 2.45) is 0 Å². The molecule has 0 radical (unpaired) electrons. The van der Waals surface area contributed by atoms with Crippen LogP contribution >= 0.6 is 0 Å². The van der Waals surface area contributed by atoms with E-state index >= 15 is 0 Å². The molecule has 19 heavy (non-hydrogen) atoms. The number of ether oxygens (including phenoxy) is 2. The van der Waals surface area contributed by atoms with Gasteiger partial charge < -0.3 is 9.47 Å². The fraction of sp³-hybridized carbons (Fsp3) is 0.333. The Morgan fingerprint density at radius 1 is 1.21 bits per heavy atom. The summed E-state index contributed by atoms with van der Waals surface area (Å²) >= 11 is 0. The summed E-state index contributed by atoms with van der Waals surface area (Å²) in [5.41, 5.74) is 2.55. The number of carbonyl (C=O) groups excluding carboxylic acids is 2. The zero-order valence-corrected chi connectivity index (χ0v) is 11.6. The highest BCUT2D eigenvalue weighted by molar-refractivity contribution is 5.87. The van der Waals surface area contributed by atoms with Crippen LogP contribution in [0.15, 0.2) is 18.2 Å². The maximum absolute atomic E-state index is 11.2. The summed E-state index contributed by atoms with van der Waals surface area (Å²) in [6, 6.07) is 3.70. The van der Waals surface area contributed by atoms with Crippen LogP contribution in [0.25, 0.3) is 6.08 Å². The summed E-state index contributed by atoms with van der Waals surface area (Å²) in [4.78, 5) is 22.2. The van der Waals surface area contributed by atoms with Gasteiger partial charge in [-0.15, -0.1) is 0 Å². The molecule has 0 saturated carbocycles. The van der Waals surface area contributed by atoms with Crippen LogP contribution in [-0.2, 0) is 14.3 Å². The van der Waals surface area contributed by atoms with Crippen LogP contribution in [0.2, 0.25) is 0 Å². The molecular weight excluding hydrogens is 244 g/mol. The zero-order chi connectivity index (χ0) is 14.4. The molecular formula is C15H18O4. The van der Waals surface area contributed by atoms with Gasteiger partial charge in [-0.1, -0.05) is 0 Å². The molecule has 0 amide bonds. The van der Waals surface area contributed by atoms with E-state index in [4.69, 9.17) is 9.47 Å². The lowest BCUT2D eigenvalue weighted by Gasteiger charge is -2.10. The van der Waals surface area contributed by atoms with Crippen LogP contribution in [0.3, 0.4) is 0 Å². The lowest BCUT2D eigenvalue weighted by atomic mass is 10.1. The first-order valence-corrected chi connectivity index (χ1v) is 6.08. The molecule has 0 atom stereocenters. The number of aryl methyl sites for hydroxylation is 2. The molecule has 0 unspecified atom stereocenters. The molecule has 0 N–H and O–H groups in total.